The minimum atomic E-state index is 1.02. The summed E-state index contributed by atoms with van der Waals surface area (Å²) in [4.78, 5) is 9.15. The molecule has 0 spiro atoms. The van der Waals surface area contributed by atoms with Gasteiger partial charge in [0.05, 0.1) is 6.33 Å². The molecule has 0 bridgehead atoms. The van der Waals surface area contributed by atoms with E-state index in [1.807, 2.05) is 23.3 Å². The predicted octanol–water partition coefficient (Wildman–Crippen LogP) is 3.50. The Morgan fingerprint density at radius 3 is 2.36 bits per heavy atom. The molecule has 0 radical (unpaired) electrons. The van der Waals surface area contributed by atoms with E-state index in [-0.39, 0.29) is 0 Å². The summed E-state index contributed by atoms with van der Waals surface area (Å²) in [5.41, 5.74) is 5.27. The van der Waals surface area contributed by atoms with Crippen LogP contribution in [0.15, 0.2) is 67.3 Å². The topological polar surface area (TPSA) is 24.3 Å². The number of para-hydroxylation sites is 1. The summed E-state index contributed by atoms with van der Waals surface area (Å²) in [6.07, 6.45) is 5.61. The monoisotopic (exact) mass is 332 g/mol. The molecule has 1 saturated heterocycles. The van der Waals surface area contributed by atoms with Crippen LogP contribution in [0.3, 0.4) is 0 Å². The Bertz CT molecular complexity index is 800. The predicted molar refractivity (Wildman–Crippen MR) is 102 cm³/mol. The molecule has 1 aliphatic rings. The second-order valence-corrected chi connectivity index (χ2v) is 6.69. The van der Waals surface area contributed by atoms with Gasteiger partial charge in [0.15, 0.2) is 0 Å². The SMILES string of the molecule is Cc1ccccc1N1CCN(Cc2ccc(-n3ccnc3)cc2)CC1. The van der Waals surface area contributed by atoms with Gasteiger partial charge in [-0.3, -0.25) is 4.90 Å². The molecule has 0 unspecified atom stereocenters. The highest BCUT2D eigenvalue weighted by atomic mass is 15.3. The standard InChI is InChI=1S/C21H24N4/c1-18-4-2-3-5-21(18)24-14-12-23(13-15-24)16-19-6-8-20(9-7-19)25-11-10-22-17-25/h2-11,17H,12-16H2,1H3. The molecule has 0 saturated carbocycles. The molecule has 2 heterocycles. The largest absolute Gasteiger partial charge is 0.369 e. The zero-order chi connectivity index (χ0) is 17.1. The summed E-state index contributed by atoms with van der Waals surface area (Å²) in [5, 5.41) is 0. The highest BCUT2D eigenvalue weighted by Gasteiger charge is 2.18. The van der Waals surface area contributed by atoms with Crippen LogP contribution >= 0.6 is 0 Å². The van der Waals surface area contributed by atoms with Crippen LogP contribution in [0.5, 0.6) is 0 Å². The van der Waals surface area contributed by atoms with Crippen LogP contribution in [0.25, 0.3) is 5.69 Å². The molecule has 128 valence electrons. The van der Waals surface area contributed by atoms with E-state index in [0.717, 1.165) is 38.4 Å². The lowest BCUT2D eigenvalue weighted by molar-refractivity contribution is 0.250. The van der Waals surface area contributed by atoms with Gasteiger partial charge in [-0.05, 0) is 36.2 Å². The second kappa shape index (κ2) is 7.11. The zero-order valence-electron chi connectivity index (χ0n) is 14.7. The first-order chi connectivity index (χ1) is 12.3. The molecule has 0 N–H and O–H groups in total. The number of imidazole rings is 1. The fraction of sp³-hybridized carbons (Fsp3) is 0.286. The smallest absolute Gasteiger partial charge is 0.0991 e. The molecule has 25 heavy (non-hydrogen) atoms. The van der Waals surface area contributed by atoms with Gasteiger partial charge in [-0.2, -0.15) is 0 Å². The highest BCUT2D eigenvalue weighted by molar-refractivity contribution is 5.53. The normalized spacial score (nSPS) is 15.5. The average molecular weight is 332 g/mol. The first-order valence-electron chi connectivity index (χ1n) is 8.90. The van der Waals surface area contributed by atoms with Crippen molar-refractivity contribution in [3.05, 3.63) is 78.4 Å². The molecule has 4 rings (SSSR count). The van der Waals surface area contributed by atoms with E-state index >= 15 is 0 Å². The average Bonchev–Trinajstić information content (AvgIpc) is 3.18. The Balaban J connectivity index is 1.35. The van der Waals surface area contributed by atoms with Gasteiger partial charge in [-0.1, -0.05) is 30.3 Å². The third-order valence-electron chi connectivity index (χ3n) is 4.97. The summed E-state index contributed by atoms with van der Waals surface area (Å²) in [5.74, 6) is 0. The van der Waals surface area contributed by atoms with Crippen LogP contribution in [0.2, 0.25) is 0 Å². The van der Waals surface area contributed by atoms with Crippen molar-refractivity contribution in [3.8, 4) is 5.69 Å². The van der Waals surface area contributed by atoms with Crippen LogP contribution in [-0.2, 0) is 6.54 Å². The van der Waals surface area contributed by atoms with Crippen molar-refractivity contribution in [3.63, 3.8) is 0 Å². The Morgan fingerprint density at radius 2 is 1.68 bits per heavy atom. The molecule has 1 fully saturated rings. The van der Waals surface area contributed by atoms with Crippen molar-refractivity contribution < 1.29 is 0 Å². The fourth-order valence-electron chi connectivity index (χ4n) is 3.51. The van der Waals surface area contributed by atoms with Gasteiger partial charge in [-0.25, -0.2) is 4.98 Å². The van der Waals surface area contributed by atoms with Gasteiger partial charge in [-0.15, -0.1) is 0 Å². The van der Waals surface area contributed by atoms with Gasteiger partial charge in [0.1, 0.15) is 0 Å². The molecule has 4 heteroatoms. The number of piperazine rings is 1. The molecule has 1 aliphatic heterocycles. The Kier molecular flexibility index (Phi) is 4.53. The number of nitrogens with zero attached hydrogens (tertiary/aromatic N) is 4. The van der Waals surface area contributed by atoms with E-state index in [9.17, 15) is 0 Å². The maximum Gasteiger partial charge on any atom is 0.0991 e. The summed E-state index contributed by atoms with van der Waals surface area (Å²) in [6, 6.07) is 17.5. The molecular weight excluding hydrogens is 308 g/mol. The number of aryl methyl sites for hydroxylation is 1. The molecule has 0 amide bonds. The van der Waals surface area contributed by atoms with Gasteiger partial charge >= 0.3 is 0 Å². The Labute approximate surface area is 149 Å². The highest BCUT2D eigenvalue weighted by Crippen LogP contribution is 2.21. The number of rotatable bonds is 4. The Hall–Kier alpha value is -2.59. The molecule has 1 aromatic heterocycles. The third-order valence-corrected chi connectivity index (χ3v) is 4.97. The van der Waals surface area contributed by atoms with Crippen molar-refractivity contribution in [2.75, 3.05) is 31.1 Å². The van der Waals surface area contributed by atoms with Crippen molar-refractivity contribution in [2.45, 2.75) is 13.5 Å². The lowest BCUT2D eigenvalue weighted by atomic mass is 10.1. The van der Waals surface area contributed by atoms with E-state index < -0.39 is 0 Å². The van der Waals surface area contributed by atoms with E-state index in [1.165, 1.54) is 16.8 Å². The maximum absolute atomic E-state index is 4.10. The van der Waals surface area contributed by atoms with Gasteiger partial charge in [0, 0.05) is 56.5 Å². The molecule has 4 nitrogen and oxygen atoms in total. The van der Waals surface area contributed by atoms with E-state index in [4.69, 9.17) is 0 Å². The van der Waals surface area contributed by atoms with Crippen LogP contribution in [0.4, 0.5) is 5.69 Å². The van der Waals surface area contributed by atoms with E-state index in [2.05, 4.69) is 70.2 Å². The van der Waals surface area contributed by atoms with Gasteiger partial charge in [0.2, 0.25) is 0 Å². The van der Waals surface area contributed by atoms with Crippen molar-refractivity contribution in [1.82, 2.24) is 14.5 Å². The fourth-order valence-corrected chi connectivity index (χ4v) is 3.51. The second-order valence-electron chi connectivity index (χ2n) is 6.69. The minimum Gasteiger partial charge on any atom is -0.369 e. The first kappa shape index (κ1) is 15.9. The molecular formula is C21H24N4. The summed E-state index contributed by atoms with van der Waals surface area (Å²) < 4.78 is 2.03. The Morgan fingerprint density at radius 1 is 0.920 bits per heavy atom. The first-order valence-corrected chi connectivity index (χ1v) is 8.90. The summed E-state index contributed by atoms with van der Waals surface area (Å²) in [7, 11) is 0. The molecule has 2 aromatic carbocycles. The molecule has 0 aliphatic carbocycles. The van der Waals surface area contributed by atoms with Crippen molar-refractivity contribution in [1.29, 1.82) is 0 Å². The quantitative estimate of drug-likeness (QED) is 0.731. The van der Waals surface area contributed by atoms with Crippen LogP contribution in [0.1, 0.15) is 11.1 Å². The van der Waals surface area contributed by atoms with Crippen molar-refractivity contribution >= 4 is 5.69 Å². The number of anilines is 1. The number of benzene rings is 2. The minimum absolute atomic E-state index is 1.02. The van der Waals surface area contributed by atoms with Gasteiger partial charge in [0.25, 0.3) is 0 Å². The molecule has 0 atom stereocenters. The van der Waals surface area contributed by atoms with Crippen LogP contribution in [0, 0.1) is 6.92 Å². The zero-order valence-corrected chi connectivity index (χ0v) is 14.7. The van der Waals surface area contributed by atoms with Crippen molar-refractivity contribution in [2.24, 2.45) is 0 Å². The summed E-state index contributed by atoms with van der Waals surface area (Å²) in [6.45, 7) is 7.63. The van der Waals surface area contributed by atoms with Crippen LogP contribution < -0.4 is 4.90 Å². The lowest BCUT2D eigenvalue weighted by Crippen LogP contribution is -2.46. The van der Waals surface area contributed by atoms with E-state index in [0.29, 0.717) is 0 Å². The van der Waals surface area contributed by atoms with E-state index in [1.54, 1.807) is 0 Å². The third kappa shape index (κ3) is 3.59. The number of hydrogen-bond acceptors (Lipinski definition) is 3. The summed E-state index contributed by atoms with van der Waals surface area (Å²) >= 11 is 0. The number of aromatic nitrogens is 2. The van der Waals surface area contributed by atoms with Crippen LogP contribution in [-0.4, -0.2) is 40.6 Å². The maximum atomic E-state index is 4.10. The number of hydrogen-bond donors (Lipinski definition) is 0. The lowest BCUT2D eigenvalue weighted by Gasteiger charge is -2.36. The van der Waals surface area contributed by atoms with Gasteiger partial charge < -0.3 is 9.47 Å². The molecule has 3 aromatic rings.